The Hall–Kier alpha value is -1.49. The maximum Gasteiger partial charge on any atom is 0.233 e. The molecule has 122 valence electrons. The number of hydrogen-bond donors (Lipinski definition) is 1. The fourth-order valence-electron chi connectivity index (χ4n) is 2.84. The number of benzene rings is 2. The lowest BCUT2D eigenvalue weighted by molar-refractivity contribution is -0.127. The maximum absolute atomic E-state index is 12.4. The summed E-state index contributed by atoms with van der Waals surface area (Å²) in [5, 5.41) is 0. The van der Waals surface area contributed by atoms with Crippen LogP contribution in [0.5, 0.6) is 0 Å². The van der Waals surface area contributed by atoms with Crippen LogP contribution in [0, 0.1) is 0 Å². The summed E-state index contributed by atoms with van der Waals surface area (Å²) >= 11 is 1.58. The lowest BCUT2D eigenvalue weighted by Gasteiger charge is -2.16. The SMILES string of the molecule is Cl.N[C@@H]1CN(C(=O)CSc2ccccc2)C[C@H]1c1ccccc1. The van der Waals surface area contributed by atoms with E-state index in [4.69, 9.17) is 5.73 Å². The van der Waals surface area contributed by atoms with E-state index in [9.17, 15) is 4.79 Å². The van der Waals surface area contributed by atoms with Gasteiger partial charge in [0, 0.05) is 29.9 Å². The molecule has 3 rings (SSSR count). The zero-order valence-corrected chi connectivity index (χ0v) is 14.4. The quantitative estimate of drug-likeness (QED) is 0.863. The van der Waals surface area contributed by atoms with Crippen molar-refractivity contribution in [2.75, 3.05) is 18.8 Å². The average molecular weight is 349 g/mol. The number of thioether (sulfide) groups is 1. The largest absolute Gasteiger partial charge is 0.340 e. The Balaban J connectivity index is 0.00000192. The molecule has 0 bridgehead atoms. The molecule has 3 nitrogen and oxygen atoms in total. The van der Waals surface area contributed by atoms with Crippen LogP contribution in [-0.2, 0) is 4.79 Å². The molecule has 2 aromatic carbocycles. The minimum Gasteiger partial charge on any atom is -0.340 e. The highest BCUT2D eigenvalue weighted by Crippen LogP contribution is 2.27. The van der Waals surface area contributed by atoms with Gasteiger partial charge in [0.15, 0.2) is 0 Å². The van der Waals surface area contributed by atoms with Crippen molar-refractivity contribution in [3.05, 3.63) is 66.2 Å². The number of carbonyl (C=O) groups excluding carboxylic acids is 1. The number of halogens is 1. The van der Waals surface area contributed by atoms with E-state index in [-0.39, 0.29) is 30.3 Å². The van der Waals surface area contributed by atoms with Crippen molar-refractivity contribution in [1.82, 2.24) is 4.90 Å². The van der Waals surface area contributed by atoms with Gasteiger partial charge in [-0.2, -0.15) is 0 Å². The average Bonchev–Trinajstić information content (AvgIpc) is 2.96. The molecule has 2 aromatic rings. The van der Waals surface area contributed by atoms with Crippen LogP contribution < -0.4 is 5.73 Å². The number of nitrogens with zero attached hydrogens (tertiary/aromatic N) is 1. The van der Waals surface area contributed by atoms with Gasteiger partial charge in [-0.15, -0.1) is 24.2 Å². The molecule has 1 saturated heterocycles. The summed E-state index contributed by atoms with van der Waals surface area (Å²) in [5.41, 5.74) is 7.47. The molecule has 5 heteroatoms. The van der Waals surface area contributed by atoms with Crippen LogP contribution in [0.4, 0.5) is 0 Å². The van der Waals surface area contributed by atoms with Crippen molar-refractivity contribution < 1.29 is 4.79 Å². The molecule has 1 fully saturated rings. The Morgan fingerprint density at radius 2 is 1.65 bits per heavy atom. The third kappa shape index (κ3) is 4.50. The van der Waals surface area contributed by atoms with Crippen LogP contribution in [0.2, 0.25) is 0 Å². The summed E-state index contributed by atoms with van der Waals surface area (Å²) < 4.78 is 0. The molecule has 0 radical (unpaired) electrons. The highest BCUT2D eigenvalue weighted by Gasteiger charge is 2.33. The fraction of sp³-hybridized carbons (Fsp3) is 0.278. The van der Waals surface area contributed by atoms with Gasteiger partial charge in [0.1, 0.15) is 0 Å². The Morgan fingerprint density at radius 3 is 2.30 bits per heavy atom. The van der Waals surface area contributed by atoms with Crippen molar-refractivity contribution >= 4 is 30.1 Å². The normalized spacial score (nSPS) is 20.1. The highest BCUT2D eigenvalue weighted by molar-refractivity contribution is 8.00. The molecule has 0 aromatic heterocycles. The standard InChI is InChI=1S/C18H20N2OS.ClH/c19-17-12-20(11-16(17)14-7-3-1-4-8-14)18(21)13-22-15-9-5-2-6-10-15;/h1-10,16-17H,11-13,19H2;1H/t16-,17+;/m0./s1. The van der Waals surface area contributed by atoms with Crippen molar-refractivity contribution in [3.8, 4) is 0 Å². The third-order valence-electron chi connectivity index (χ3n) is 4.05. The first-order chi connectivity index (χ1) is 10.7. The van der Waals surface area contributed by atoms with Gasteiger partial charge < -0.3 is 10.6 Å². The van der Waals surface area contributed by atoms with E-state index in [2.05, 4.69) is 12.1 Å². The van der Waals surface area contributed by atoms with Crippen molar-refractivity contribution in [1.29, 1.82) is 0 Å². The molecule has 0 aliphatic carbocycles. The van der Waals surface area contributed by atoms with Gasteiger partial charge >= 0.3 is 0 Å². The van der Waals surface area contributed by atoms with Crippen molar-refractivity contribution in [2.24, 2.45) is 5.73 Å². The number of carbonyl (C=O) groups is 1. The third-order valence-corrected chi connectivity index (χ3v) is 5.05. The molecule has 1 amide bonds. The van der Waals surface area contributed by atoms with Crippen LogP contribution in [0.1, 0.15) is 11.5 Å². The minimum absolute atomic E-state index is 0. The fourth-order valence-corrected chi connectivity index (χ4v) is 3.66. The lowest BCUT2D eigenvalue weighted by atomic mass is 9.95. The second kappa shape index (κ2) is 8.39. The summed E-state index contributed by atoms with van der Waals surface area (Å²) in [7, 11) is 0. The smallest absolute Gasteiger partial charge is 0.233 e. The van der Waals surface area contributed by atoms with E-state index >= 15 is 0 Å². The molecule has 1 heterocycles. The molecule has 1 aliphatic heterocycles. The van der Waals surface area contributed by atoms with Crippen LogP contribution in [0.3, 0.4) is 0 Å². The highest BCUT2D eigenvalue weighted by atomic mass is 35.5. The van der Waals surface area contributed by atoms with E-state index in [1.807, 2.05) is 53.4 Å². The Morgan fingerprint density at radius 1 is 1.04 bits per heavy atom. The number of nitrogens with two attached hydrogens (primary N) is 1. The zero-order chi connectivity index (χ0) is 15.4. The number of hydrogen-bond acceptors (Lipinski definition) is 3. The second-order valence-corrected chi connectivity index (χ2v) is 6.63. The summed E-state index contributed by atoms with van der Waals surface area (Å²) in [6.07, 6.45) is 0. The van der Waals surface area contributed by atoms with Crippen LogP contribution in [0.15, 0.2) is 65.6 Å². The van der Waals surface area contributed by atoms with E-state index in [0.29, 0.717) is 12.3 Å². The van der Waals surface area contributed by atoms with Crippen LogP contribution >= 0.6 is 24.2 Å². The van der Waals surface area contributed by atoms with Crippen molar-refractivity contribution in [3.63, 3.8) is 0 Å². The Bertz CT molecular complexity index is 623. The second-order valence-electron chi connectivity index (χ2n) is 5.58. The molecule has 0 saturated carbocycles. The van der Waals surface area contributed by atoms with Gasteiger partial charge in [0.2, 0.25) is 5.91 Å². The lowest BCUT2D eigenvalue weighted by Crippen LogP contribution is -2.33. The Kier molecular flexibility index (Phi) is 6.51. The van der Waals surface area contributed by atoms with Crippen LogP contribution in [-0.4, -0.2) is 35.7 Å². The topological polar surface area (TPSA) is 46.3 Å². The van der Waals surface area contributed by atoms with Gasteiger partial charge in [-0.25, -0.2) is 0 Å². The number of amides is 1. The summed E-state index contributed by atoms with van der Waals surface area (Å²) in [6, 6.07) is 20.3. The van der Waals surface area contributed by atoms with Gasteiger partial charge in [0.25, 0.3) is 0 Å². The molecule has 0 spiro atoms. The van der Waals surface area contributed by atoms with Gasteiger partial charge in [-0.05, 0) is 17.7 Å². The number of rotatable bonds is 4. The van der Waals surface area contributed by atoms with E-state index < -0.39 is 0 Å². The predicted molar refractivity (Wildman–Crippen MR) is 98.2 cm³/mol. The van der Waals surface area contributed by atoms with E-state index in [1.165, 1.54) is 5.56 Å². The monoisotopic (exact) mass is 348 g/mol. The molecular formula is C18H21ClN2OS. The predicted octanol–water partition coefficient (Wildman–Crippen LogP) is 3.15. The molecule has 2 atom stereocenters. The number of likely N-dealkylation sites (tertiary alicyclic amines) is 1. The molecule has 0 unspecified atom stereocenters. The zero-order valence-electron chi connectivity index (χ0n) is 12.8. The summed E-state index contributed by atoms with van der Waals surface area (Å²) in [5.74, 6) is 0.882. The van der Waals surface area contributed by atoms with Gasteiger partial charge in [-0.3, -0.25) is 4.79 Å². The first-order valence-electron chi connectivity index (χ1n) is 7.50. The summed E-state index contributed by atoms with van der Waals surface area (Å²) in [4.78, 5) is 15.4. The minimum atomic E-state index is 0. The van der Waals surface area contributed by atoms with Crippen molar-refractivity contribution in [2.45, 2.75) is 16.9 Å². The summed E-state index contributed by atoms with van der Waals surface area (Å²) in [6.45, 7) is 1.37. The molecule has 23 heavy (non-hydrogen) atoms. The van der Waals surface area contributed by atoms with E-state index in [0.717, 1.165) is 11.4 Å². The maximum atomic E-state index is 12.4. The first kappa shape index (κ1) is 17.9. The molecule has 2 N–H and O–H groups in total. The molecule has 1 aliphatic rings. The molecular weight excluding hydrogens is 328 g/mol. The van der Waals surface area contributed by atoms with Gasteiger partial charge in [0.05, 0.1) is 5.75 Å². The first-order valence-corrected chi connectivity index (χ1v) is 8.49. The van der Waals surface area contributed by atoms with Gasteiger partial charge in [-0.1, -0.05) is 48.5 Å². The van der Waals surface area contributed by atoms with Crippen LogP contribution in [0.25, 0.3) is 0 Å². The Labute approximate surface area is 147 Å². The van der Waals surface area contributed by atoms with E-state index in [1.54, 1.807) is 11.8 Å².